The first-order valence-electron chi connectivity index (χ1n) is 5.36. The van der Waals surface area contributed by atoms with Crippen molar-refractivity contribution in [2.45, 2.75) is 26.7 Å². The van der Waals surface area contributed by atoms with Crippen LogP contribution in [-0.2, 0) is 11.8 Å². The fourth-order valence-electron chi connectivity index (χ4n) is 1.79. The third kappa shape index (κ3) is 2.93. The Hall–Kier alpha value is -0.130. The molecule has 1 aromatic carbocycles. The third-order valence-electron chi connectivity index (χ3n) is 2.40. The Morgan fingerprint density at radius 1 is 1.00 bits per heavy atom. The van der Waals surface area contributed by atoms with Crippen molar-refractivity contribution in [3.05, 3.63) is 30.3 Å². The van der Waals surface area contributed by atoms with Crippen molar-refractivity contribution in [2.24, 2.45) is 0 Å². The van der Waals surface area contributed by atoms with Crippen LogP contribution in [0.1, 0.15) is 26.7 Å². The summed E-state index contributed by atoms with van der Waals surface area (Å²) in [5, 5.41) is 1.43. The molecule has 2 heteroatoms. The van der Waals surface area contributed by atoms with E-state index in [9.17, 15) is 0 Å². The van der Waals surface area contributed by atoms with Gasteiger partial charge in [0.15, 0.2) is 0 Å². The Bertz CT molecular complexity index is 295. The van der Waals surface area contributed by atoms with Crippen LogP contribution in [0.3, 0.4) is 0 Å². The van der Waals surface area contributed by atoms with Crippen LogP contribution in [0.4, 0.5) is 0 Å². The average molecular weight is 226 g/mol. The van der Waals surface area contributed by atoms with Gasteiger partial charge in [0.05, 0.1) is 0 Å². The number of benzene rings is 1. The van der Waals surface area contributed by atoms with Gasteiger partial charge in [0.1, 0.15) is 0 Å². The Morgan fingerprint density at radius 2 is 1.50 bits per heavy atom. The summed E-state index contributed by atoms with van der Waals surface area (Å²) in [6.45, 7) is 4.47. The highest BCUT2D eigenvalue weighted by Gasteiger charge is 2.16. The SMILES string of the molecule is CCCP(=S)(CCC)c1ccccc1. The summed E-state index contributed by atoms with van der Waals surface area (Å²) in [5.74, 6) is 0. The Morgan fingerprint density at radius 3 is 1.93 bits per heavy atom. The maximum Gasteiger partial charge on any atom is -0.0142 e. The van der Waals surface area contributed by atoms with E-state index < -0.39 is 6.04 Å². The topological polar surface area (TPSA) is 0 Å². The maximum atomic E-state index is 5.88. The van der Waals surface area contributed by atoms with Crippen LogP contribution in [0.5, 0.6) is 0 Å². The number of hydrogen-bond donors (Lipinski definition) is 0. The lowest BCUT2D eigenvalue weighted by molar-refractivity contribution is 1.06. The zero-order chi connectivity index (χ0) is 10.4. The highest BCUT2D eigenvalue weighted by molar-refractivity contribution is 8.18. The highest BCUT2D eigenvalue weighted by Crippen LogP contribution is 2.45. The molecular weight excluding hydrogens is 207 g/mol. The molecule has 0 bridgehead atoms. The van der Waals surface area contributed by atoms with E-state index in [-0.39, 0.29) is 0 Å². The molecule has 14 heavy (non-hydrogen) atoms. The molecular formula is C12H19PS. The molecule has 0 N–H and O–H groups in total. The van der Waals surface area contributed by atoms with E-state index in [1.165, 1.54) is 30.5 Å². The quantitative estimate of drug-likeness (QED) is 0.691. The van der Waals surface area contributed by atoms with Crippen LogP contribution in [-0.4, -0.2) is 12.3 Å². The number of hydrogen-bond acceptors (Lipinski definition) is 1. The fourth-order valence-corrected chi connectivity index (χ4v) is 6.15. The molecule has 1 aromatic rings. The van der Waals surface area contributed by atoms with Crippen LogP contribution >= 0.6 is 6.04 Å². The van der Waals surface area contributed by atoms with Gasteiger partial charge in [0.25, 0.3) is 0 Å². The van der Waals surface area contributed by atoms with Gasteiger partial charge in [-0.1, -0.05) is 68.8 Å². The van der Waals surface area contributed by atoms with Crippen molar-refractivity contribution < 1.29 is 0 Å². The van der Waals surface area contributed by atoms with Gasteiger partial charge in [-0.3, -0.25) is 0 Å². The maximum absolute atomic E-state index is 5.88. The Labute approximate surface area is 92.7 Å². The first-order chi connectivity index (χ1) is 6.73. The van der Waals surface area contributed by atoms with E-state index in [0.717, 1.165) is 0 Å². The van der Waals surface area contributed by atoms with E-state index >= 15 is 0 Å². The lowest BCUT2D eigenvalue weighted by Crippen LogP contribution is -2.09. The molecule has 0 unspecified atom stereocenters. The summed E-state index contributed by atoms with van der Waals surface area (Å²) in [5.41, 5.74) is 0. The van der Waals surface area contributed by atoms with Gasteiger partial charge < -0.3 is 0 Å². The molecule has 78 valence electrons. The standard InChI is InChI=1S/C12H19PS/c1-3-10-13(14,11-4-2)12-8-6-5-7-9-12/h5-9H,3-4,10-11H2,1-2H3. The lowest BCUT2D eigenvalue weighted by Gasteiger charge is -2.21. The van der Waals surface area contributed by atoms with Crippen LogP contribution in [0.2, 0.25) is 0 Å². The molecule has 0 saturated heterocycles. The van der Waals surface area contributed by atoms with Crippen molar-refractivity contribution in [3.63, 3.8) is 0 Å². The second kappa shape index (κ2) is 5.68. The van der Waals surface area contributed by atoms with Crippen molar-refractivity contribution in [3.8, 4) is 0 Å². The van der Waals surface area contributed by atoms with Crippen LogP contribution in [0.15, 0.2) is 30.3 Å². The Balaban J connectivity index is 2.94. The Kier molecular flexibility index (Phi) is 4.84. The summed E-state index contributed by atoms with van der Waals surface area (Å²) in [6.07, 6.45) is 4.87. The van der Waals surface area contributed by atoms with E-state index in [2.05, 4.69) is 44.2 Å². The smallest absolute Gasteiger partial charge is 0.0142 e. The molecule has 0 nitrogen and oxygen atoms in total. The fraction of sp³-hybridized carbons (Fsp3) is 0.500. The second-order valence-electron chi connectivity index (χ2n) is 3.67. The molecule has 0 saturated carbocycles. The van der Waals surface area contributed by atoms with Gasteiger partial charge in [0.2, 0.25) is 0 Å². The minimum absolute atomic E-state index is 1.21. The number of rotatable bonds is 5. The van der Waals surface area contributed by atoms with Gasteiger partial charge in [-0.25, -0.2) is 0 Å². The van der Waals surface area contributed by atoms with Crippen molar-refractivity contribution in [1.82, 2.24) is 0 Å². The molecule has 0 fully saturated rings. The largest absolute Gasteiger partial charge is 0.0926 e. The first-order valence-corrected chi connectivity index (χ1v) is 8.54. The van der Waals surface area contributed by atoms with Gasteiger partial charge in [-0.15, -0.1) is 0 Å². The predicted molar refractivity (Wildman–Crippen MR) is 70.7 cm³/mol. The second-order valence-corrected chi connectivity index (χ2v) is 8.96. The minimum atomic E-state index is -1.24. The third-order valence-corrected chi connectivity index (χ3v) is 7.70. The zero-order valence-corrected chi connectivity index (χ0v) is 10.8. The lowest BCUT2D eigenvalue weighted by atomic mass is 10.4. The predicted octanol–water partition coefficient (Wildman–Crippen LogP) is 3.61. The highest BCUT2D eigenvalue weighted by atomic mass is 32.4. The van der Waals surface area contributed by atoms with Gasteiger partial charge in [0, 0.05) is 0 Å². The zero-order valence-electron chi connectivity index (χ0n) is 9.07. The van der Waals surface area contributed by atoms with Gasteiger partial charge >= 0.3 is 0 Å². The molecule has 0 amide bonds. The molecule has 0 spiro atoms. The normalized spacial score (nSPS) is 11.6. The monoisotopic (exact) mass is 226 g/mol. The summed E-state index contributed by atoms with van der Waals surface area (Å²) < 4.78 is 0. The first kappa shape index (κ1) is 11.9. The van der Waals surface area contributed by atoms with Crippen molar-refractivity contribution >= 4 is 23.1 Å². The van der Waals surface area contributed by atoms with Gasteiger partial charge in [-0.2, -0.15) is 0 Å². The molecule has 0 heterocycles. The van der Waals surface area contributed by atoms with Crippen molar-refractivity contribution in [2.75, 3.05) is 12.3 Å². The molecule has 0 aliphatic heterocycles. The van der Waals surface area contributed by atoms with Crippen LogP contribution in [0.25, 0.3) is 0 Å². The van der Waals surface area contributed by atoms with Crippen molar-refractivity contribution in [1.29, 1.82) is 0 Å². The molecule has 0 atom stereocenters. The van der Waals surface area contributed by atoms with E-state index in [1.807, 2.05) is 0 Å². The van der Waals surface area contributed by atoms with Crippen LogP contribution < -0.4 is 5.30 Å². The van der Waals surface area contributed by atoms with Gasteiger partial charge in [-0.05, 0) is 23.7 Å². The summed E-state index contributed by atoms with van der Waals surface area (Å²) >= 11 is 5.88. The van der Waals surface area contributed by atoms with Crippen LogP contribution in [0, 0.1) is 0 Å². The van der Waals surface area contributed by atoms with E-state index in [1.54, 1.807) is 0 Å². The summed E-state index contributed by atoms with van der Waals surface area (Å²) in [7, 11) is 0. The molecule has 1 rings (SSSR count). The molecule has 0 aliphatic rings. The molecule has 0 aliphatic carbocycles. The molecule has 0 radical (unpaired) electrons. The minimum Gasteiger partial charge on any atom is -0.0926 e. The summed E-state index contributed by atoms with van der Waals surface area (Å²) in [4.78, 5) is 0. The molecule has 0 aromatic heterocycles. The average Bonchev–Trinajstić information content (AvgIpc) is 2.20. The van der Waals surface area contributed by atoms with E-state index in [4.69, 9.17) is 11.8 Å². The van der Waals surface area contributed by atoms with E-state index in [0.29, 0.717) is 0 Å². The summed E-state index contributed by atoms with van der Waals surface area (Å²) in [6, 6.07) is 9.49.